The summed E-state index contributed by atoms with van der Waals surface area (Å²) in [6.45, 7) is 0. The van der Waals surface area contributed by atoms with Gasteiger partial charge in [0.05, 0.1) is 15.6 Å². The van der Waals surface area contributed by atoms with Gasteiger partial charge in [-0.2, -0.15) is 13.2 Å². The number of rotatable bonds is 1. The summed E-state index contributed by atoms with van der Waals surface area (Å²) in [5.74, 6) is -1.24. The van der Waals surface area contributed by atoms with E-state index in [1.807, 2.05) is 0 Å². The Balaban J connectivity index is 3.60. The van der Waals surface area contributed by atoms with Crippen LogP contribution in [0.25, 0.3) is 0 Å². The van der Waals surface area contributed by atoms with E-state index in [9.17, 15) is 22.4 Å². The average molecular weight is 261 g/mol. The van der Waals surface area contributed by atoms with Crippen molar-refractivity contribution in [1.29, 1.82) is 0 Å². The molecule has 0 saturated carbocycles. The molecule has 0 radical (unpaired) electrons. The molecule has 0 atom stereocenters. The van der Waals surface area contributed by atoms with Gasteiger partial charge in [0.15, 0.2) is 12.1 Å². The van der Waals surface area contributed by atoms with Crippen molar-refractivity contribution in [2.24, 2.45) is 0 Å². The lowest BCUT2D eigenvalue weighted by Gasteiger charge is -2.11. The van der Waals surface area contributed by atoms with Crippen LogP contribution in [0.3, 0.4) is 0 Å². The van der Waals surface area contributed by atoms with E-state index in [1.165, 1.54) is 0 Å². The van der Waals surface area contributed by atoms with Crippen LogP contribution < -0.4 is 0 Å². The minimum atomic E-state index is -4.81. The quantitative estimate of drug-likeness (QED) is 0.424. The zero-order valence-corrected chi connectivity index (χ0v) is 8.34. The monoisotopic (exact) mass is 260 g/mol. The maximum absolute atomic E-state index is 13.0. The summed E-state index contributed by atoms with van der Waals surface area (Å²) < 4.78 is 49.9. The predicted octanol–water partition coefficient (Wildman–Crippen LogP) is 3.96. The average Bonchev–Trinajstić information content (AvgIpc) is 2.12. The Morgan fingerprint density at radius 2 is 1.80 bits per heavy atom. The minimum absolute atomic E-state index is 0.162. The standard InChI is InChI=1S/C8H2Cl2F4O/c9-5-1-4(8(12,13)14)3(2-15)6(10)7(5)11/h1-2H. The molecule has 1 rings (SSSR count). The van der Waals surface area contributed by atoms with Gasteiger partial charge in [-0.1, -0.05) is 23.2 Å². The van der Waals surface area contributed by atoms with Crippen LogP contribution in [-0.4, -0.2) is 6.29 Å². The summed E-state index contributed by atoms with van der Waals surface area (Å²) in [6, 6.07) is 0.326. The van der Waals surface area contributed by atoms with Crippen molar-refractivity contribution in [2.75, 3.05) is 0 Å². The van der Waals surface area contributed by atoms with Crippen LogP contribution in [0.4, 0.5) is 17.6 Å². The Labute approximate surface area is 91.6 Å². The number of carbonyl (C=O) groups excluding carboxylic acids is 1. The lowest BCUT2D eigenvalue weighted by atomic mass is 10.1. The van der Waals surface area contributed by atoms with Crippen molar-refractivity contribution < 1.29 is 22.4 Å². The molecular weight excluding hydrogens is 259 g/mol. The van der Waals surface area contributed by atoms with Crippen molar-refractivity contribution in [2.45, 2.75) is 6.18 Å². The van der Waals surface area contributed by atoms with Crippen molar-refractivity contribution in [3.63, 3.8) is 0 Å². The fourth-order valence-electron chi connectivity index (χ4n) is 0.959. The Morgan fingerprint density at radius 1 is 1.27 bits per heavy atom. The SMILES string of the molecule is O=Cc1c(C(F)(F)F)cc(Cl)c(F)c1Cl. The predicted molar refractivity (Wildman–Crippen MR) is 46.8 cm³/mol. The molecule has 0 spiro atoms. The molecule has 82 valence electrons. The molecule has 1 aromatic rings. The maximum Gasteiger partial charge on any atom is 0.417 e. The molecule has 15 heavy (non-hydrogen) atoms. The third kappa shape index (κ3) is 2.23. The second kappa shape index (κ2) is 3.98. The van der Waals surface area contributed by atoms with Gasteiger partial charge in [-0.15, -0.1) is 0 Å². The molecule has 0 fully saturated rings. The van der Waals surface area contributed by atoms with Gasteiger partial charge in [0.2, 0.25) is 0 Å². The molecule has 0 aliphatic carbocycles. The van der Waals surface area contributed by atoms with Gasteiger partial charge in [-0.05, 0) is 6.07 Å². The highest BCUT2D eigenvalue weighted by Gasteiger charge is 2.36. The van der Waals surface area contributed by atoms with E-state index in [1.54, 1.807) is 0 Å². The van der Waals surface area contributed by atoms with E-state index in [-0.39, 0.29) is 6.29 Å². The topological polar surface area (TPSA) is 17.1 Å². The van der Waals surface area contributed by atoms with E-state index in [4.69, 9.17) is 23.2 Å². The van der Waals surface area contributed by atoms with Crippen LogP contribution in [0.5, 0.6) is 0 Å². The molecular formula is C8H2Cl2F4O. The highest BCUT2D eigenvalue weighted by molar-refractivity contribution is 6.36. The van der Waals surface area contributed by atoms with Gasteiger partial charge >= 0.3 is 6.18 Å². The van der Waals surface area contributed by atoms with Crippen molar-refractivity contribution >= 4 is 29.5 Å². The number of carbonyl (C=O) groups is 1. The van der Waals surface area contributed by atoms with Gasteiger partial charge < -0.3 is 0 Å². The van der Waals surface area contributed by atoms with Gasteiger partial charge in [-0.25, -0.2) is 4.39 Å². The van der Waals surface area contributed by atoms with Crippen molar-refractivity contribution in [1.82, 2.24) is 0 Å². The molecule has 0 aliphatic rings. The summed E-state index contributed by atoms with van der Waals surface area (Å²) in [4.78, 5) is 10.4. The molecule has 0 bridgehead atoms. The summed E-state index contributed by atoms with van der Waals surface area (Å²) in [7, 11) is 0. The zero-order valence-electron chi connectivity index (χ0n) is 6.83. The second-order valence-electron chi connectivity index (χ2n) is 2.56. The highest BCUT2D eigenvalue weighted by atomic mass is 35.5. The van der Waals surface area contributed by atoms with Gasteiger partial charge in [0, 0.05) is 5.56 Å². The maximum atomic E-state index is 13.0. The summed E-state index contributed by atoms with van der Waals surface area (Å²) in [6.07, 6.45) is -4.97. The molecule has 1 aromatic carbocycles. The summed E-state index contributed by atoms with van der Waals surface area (Å²) in [5.41, 5.74) is -2.31. The molecule has 7 heteroatoms. The number of hydrogen-bond acceptors (Lipinski definition) is 1. The van der Waals surface area contributed by atoms with Gasteiger partial charge in [0.1, 0.15) is 0 Å². The van der Waals surface area contributed by atoms with Crippen LogP contribution in [0.1, 0.15) is 15.9 Å². The first-order chi connectivity index (χ1) is 6.79. The van der Waals surface area contributed by atoms with Gasteiger partial charge in [0.25, 0.3) is 0 Å². The van der Waals surface area contributed by atoms with Crippen LogP contribution in [-0.2, 0) is 6.18 Å². The van der Waals surface area contributed by atoms with E-state index >= 15 is 0 Å². The molecule has 0 aromatic heterocycles. The smallest absolute Gasteiger partial charge is 0.298 e. The van der Waals surface area contributed by atoms with Crippen molar-refractivity contribution in [3.05, 3.63) is 33.1 Å². The molecule has 0 unspecified atom stereocenters. The lowest BCUT2D eigenvalue weighted by Crippen LogP contribution is -2.10. The summed E-state index contributed by atoms with van der Waals surface area (Å²) in [5, 5.41) is -1.71. The van der Waals surface area contributed by atoms with Crippen molar-refractivity contribution in [3.8, 4) is 0 Å². The zero-order chi connectivity index (χ0) is 11.8. The van der Waals surface area contributed by atoms with Gasteiger partial charge in [-0.3, -0.25) is 4.79 Å². The summed E-state index contributed by atoms with van der Waals surface area (Å²) >= 11 is 10.4. The molecule has 0 amide bonds. The first-order valence-corrected chi connectivity index (χ1v) is 4.24. The highest BCUT2D eigenvalue weighted by Crippen LogP contribution is 2.38. The Hall–Kier alpha value is -0.810. The normalized spacial score (nSPS) is 11.6. The van der Waals surface area contributed by atoms with Crippen LogP contribution in [0.15, 0.2) is 6.07 Å². The molecule has 1 nitrogen and oxygen atoms in total. The van der Waals surface area contributed by atoms with E-state index < -0.39 is 33.2 Å². The number of alkyl halides is 3. The third-order valence-electron chi connectivity index (χ3n) is 1.62. The third-order valence-corrected chi connectivity index (χ3v) is 2.27. The fraction of sp³-hybridized carbons (Fsp3) is 0.125. The minimum Gasteiger partial charge on any atom is -0.298 e. The molecule has 0 N–H and O–H groups in total. The first kappa shape index (κ1) is 12.3. The number of aldehydes is 1. The van der Waals surface area contributed by atoms with Crippen LogP contribution in [0, 0.1) is 5.82 Å². The Kier molecular flexibility index (Phi) is 3.25. The molecule has 0 aliphatic heterocycles. The van der Waals surface area contributed by atoms with Crippen LogP contribution in [0.2, 0.25) is 10.0 Å². The largest absolute Gasteiger partial charge is 0.417 e. The first-order valence-electron chi connectivity index (χ1n) is 3.49. The lowest BCUT2D eigenvalue weighted by molar-refractivity contribution is -0.137. The van der Waals surface area contributed by atoms with E-state index in [0.29, 0.717) is 6.07 Å². The molecule has 0 saturated heterocycles. The Morgan fingerprint density at radius 3 is 2.20 bits per heavy atom. The Bertz CT molecular complexity index is 414. The van der Waals surface area contributed by atoms with Crippen LogP contribution >= 0.6 is 23.2 Å². The number of halogens is 6. The van der Waals surface area contributed by atoms with E-state index in [0.717, 1.165) is 0 Å². The number of hydrogen-bond donors (Lipinski definition) is 0. The van der Waals surface area contributed by atoms with E-state index in [2.05, 4.69) is 0 Å². The number of benzene rings is 1. The second-order valence-corrected chi connectivity index (χ2v) is 3.35. The molecule has 0 heterocycles. The fourth-order valence-corrected chi connectivity index (χ4v) is 1.46.